The Balaban J connectivity index is 3.15. The van der Waals surface area contributed by atoms with Crippen LogP contribution < -0.4 is 0 Å². The first-order chi connectivity index (χ1) is 10.5. The van der Waals surface area contributed by atoms with E-state index in [0.717, 1.165) is 0 Å². The molecule has 0 nitrogen and oxygen atoms in total. The quantitative estimate of drug-likeness (QED) is 0.166. The molecule has 0 saturated carbocycles. The summed E-state index contributed by atoms with van der Waals surface area (Å²) in [5.41, 5.74) is 0. The first-order valence-corrected chi connectivity index (χ1v) is 11.5. The molecule has 0 spiro atoms. The topological polar surface area (TPSA) is 0 Å². The lowest BCUT2D eigenvalue weighted by atomic mass is 9.99. The van der Waals surface area contributed by atoms with E-state index in [1.54, 1.807) is 0 Å². The molecule has 0 aliphatic rings. The Morgan fingerprint density at radius 2 is 1.00 bits per heavy atom. The number of hydrogen-bond donors (Lipinski definition) is 0. The van der Waals surface area contributed by atoms with Gasteiger partial charge in [0.15, 0.2) is 0 Å². The van der Waals surface area contributed by atoms with Crippen LogP contribution in [-0.2, 0) is 0 Å². The van der Waals surface area contributed by atoms with Gasteiger partial charge >= 0.3 is 0 Å². The van der Waals surface area contributed by atoms with Gasteiger partial charge in [-0.2, -0.15) is 0 Å². The van der Waals surface area contributed by atoms with Crippen molar-refractivity contribution in [2.45, 2.75) is 126 Å². The summed E-state index contributed by atoms with van der Waals surface area (Å²) in [6, 6.07) is 0. The second kappa shape index (κ2) is 15.5. The summed E-state index contributed by atoms with van der Waals surface area (Å²) in [5.74, 6) is 0. The normalized spacial score (nSPS) is 15.7. The van der Waals surface area contributed by atoms with Gasteiger partial charge < -0.3 is 0 Å². The molecule has 0 aromatic rings. The van der Waals surface area contributed by atoms with Crippen LogP contribution in [0.3, 0.4) is 0 Å². The van der Waals surface area contributed by atoms with Gasteiger partial charge in [-0.15, -0.1) is 0 Å². The second-order valence-electron chi connectivity index (χ2n) is 7.24. The summed E-state index contributed by atoms with van der Waals surface area (Å²) in [6.45, 7) is 6.83. The van der Waals surface area contributed by atoms with E-state index in [0.29, 0.717) is 4.83 Å². The third-order valence-corrected chi connectivity index (χ3v) is 7.56. The van der Waals surface area contributed by atoms with Crippen molar-refractivity contribution in [3.05, 3.63) is 0 Å². The highest BCUT2D eigenvalue weighted by Crippen LogP contribution is 2.32. The lowest BCUT2D eigenvalue weighted by Gasteiger charge is -2.25. The first-order valence-electron chi connectivity index (χ1n) is 9.83. The van der Waals surface area contributed by atoms with Crippen molar-refractivity contribution < 1.29 is 0 Å². The molecule has 2 heteroatoms. The molecule has 2 atom stereocenters. The number of unbranched alkanes of at least 4 members (excludes halogenated alkanes) is 13. The van der Waals surface area contributed by atoms with Gasteiger partial charge in [-0.05, 0) is 13.3 Å². The summed E-state index contributed by atoms with van der Waals surface area (Å²) in [7, 11) is 0. The number of rotatable bonds is 16. The largest absolute Gasteiger partial charge is 0.0879 e. The third kappa shape index (κ3) is 14.5. The minimum absolute atomic E-state index is 0.268. The molecule has 2 unspecified atom stereocenters. The standard InChI is InChI=1S/C20H40Br2/c1-4-5-6-7-8-9-10-11-12-13-14-15-16-17-18-20(3,22)19(2)21/h19H,4-18H2,1-3H3. The van der Waals surface area contributed by atoms with Crippen LogP contribution in [0, 0.1) is 0 Å². The van der Waals surface area contributed by atoms with E-state index in [-0.39, 0.29) is 4.32 Å². The zero-order valence-electron chi connectivity index (χ0n) is 15.4. The zero-order valence-corrected chi connectivity index (χ0v) is 18.6. The summed E-state index contributed by atoms with van der Waals surface area (Å²) in [6.07, 6.45) is 21.4. The molecule has 0 amide bonds. The number of hydrogen-bond acceptors (Lipinski definition) is 0. The van der Waals surface area contributed by atoms with E-state index < -0.39 is 0 Å². The van der Waals surface area contributed by atoms with Gasteiger partial charge in [0.05, 0.1) is 0 Å². The smallest absolute Gasteiger partial charge is 0.0352 e. The van der Waals surface area contributed by atoms with Crippen molar-refractivity contribution in [1.29, 1.82) is 0 Å². The van der Waals surface area contributed by atoms with Gasteiger partial charge in [0.1, 0.15) is 0 Å². The first kappa shape index (κ1) is 23.0. The summed E-state index contributed by atoms with van der Waals surface area (Å²) >= 11 is 7.53. The van der Waals surface area contributed by atoms with Gasteiger partial charge in [0, 0.05) is 9.15 Å². The molecule has 0 fully saturated rings. The minimum atomic E-state index is 0.268. The summed E-state index contributed by atoms with van der Waals surface area (Å²) in [5, 5.41) is 0. The average molecular weight is 440 g/mol. The molecule has 0 heterocycles. The minimum Gasteiger partial charge on any atom is -0.0879 e. The highest BCUT2D eigenvalue weighted by Gasteiger charge is 2.24. The number of halogens is 2. The maximum atomic E-state index is 3.84. The Hall–Kier alpha value is 0.960. The Kier molecular flexibility index (Phi) is 16.2. The Morgan fingerprint density at radius 3 is 1.32 bits per heavy atom. The molecule has 134 valence electrons. The molecule has 0 N–H and O–H groups in total. The van der Waals surface area contributed by atoms with Crippen molar-refractivity contribution in [1.82, 2.24) is 0 Å². The van der Waals surface area contributed by atoms with Crippen LogP contribution in [0.4, 0.5) is 0 Å². The van der Waals surface area contributed by atoms with Crippen molar-refractivity contribution in [2.24, 2.45) is 0 Å². The highest BCUT2D eigenvalue weighted by molar-refractivity contribution is 9.12. The van der Waals surface area contributed by atoms with E-state index in [4.69, 9.17) is 0 Å². The molecule has 0 saturated heterocycles. The van der Waals surface area contributed by atoms with Gasteiger partial charge in [0.2, 0.25) is 0 Å². The van der Waals surface area contributed by atoms with Gasteiger partial charge in [-0.25, -0.2) is 0 Å². The molecule has 0 aliphatic carbocycles. The van der Waals surface area contributed by atoms with Crippen LogP contribution in [0.15, 0.2) is 0 Å². The summed E-state index contributed by atoms with van der Waals surface area (Å²) < 4.78 is 0.268. The molecule has 0 rings (SSSR count). The summed E-state index contributed by atoms with van der Waals surface area (Å²) in [4.78, 5) is 0.543. The Morgan fingerprint density at radius 1 is 0.682 bits per heavy atom. The molecule has 22 heavy (non-hydrogen) atoms. The van der Waals surface area contributed by atoms with E-state index in [1.807, 2.05) is 0 Å². The molecular formula is C20H40Br2. The van der Waals surface area contributed by atoms with Crippen LogP contribution >= 0.6 is 31.9 Å². The van der Waals surface area contributed by atoms with Crippen LogP contribution in [-0.4, -0.2) is 9.15 Å². The van der Waals surface area contributed by atoms with E-state index >= 15 is 0 Å². The van der Waals surface area contributed by atoms with Gasteiger partial charge in [-0.3, -0.25) is 0 Å². The van der Waals surface area contributed by atoms with Gasteiger partial charge in [0.25, 0.3) is 0 Å². The SMILES string of the molecule is CCCCCCCCCCCCCCCCC(C)(Br)C(C)Br. The fourth-order valence-corrected chi connectivity index (χ4v) is 3.37. The molecular weight excluding hydrogens is 400 g/mol. The predicted octanol–water partition coefficient (Wildman–Crippen LogP) is 8.79. The lowest BCUT2D eigenvalue weighted by Crippen LogP contribution is -2.25. The molecule has 0 bridgehead atoms. The maximum Gasteiger partial charge on any atom is 0.0352 e. The monoisotopic (exact) mass is 438 g/mol. The van der Waals surface area contributed by atoms with Crippen LogP contribution in [0.1, 0.15) is 117 Å². The average Bonchev–Trinajstić information content (AvgIpc) is 2.47. The third-order valence-electron chi connectivity index (χ3n) is 4.85. The van der Waals surface area contributed by atoms with E-state index in [2.05, 4.69) is 52.6 Å². The van der Waals surface area contributed by atoms with Crippen molar-refractivity contribution >= 4 is 31.9 Å². The lowest BCUT2D eigenvalue weighted by molar-refractivity contribution is 0.510. The van der Waals surface area contributed by atoms with Crippen molar-refractivity contribution in [3.63, 3.8) is 0 Å². The van der Waals surface area contributed by atoms with Crippen LogP contribution in [0.5, 0.6) is 0 Å². The highest BCUT2D eigenvalue weighted by atomic mass is 79.9. The second-order valence-corrected chi connectivity index (χ2v) is 10.4. The molecule has 0 radical (unpaired) electrons. The maximum absolute atomic E-state index is 3.84. The molecule has 0 aromatic heterocycles. The van der Waals surface area contributed by atoms with Crippen molar-refractivity contribution in [3.8, 4) is 0 Å². The van der Waals surface area contributed by atoms with E-state index in [9.17, 15) is 0 Å². The Bertz CT molecular complexity index is 224. The predicted molar refractivity (Wildman–Crippen MR) is 111 cm³/mol. The molecule has 0 aliphatic heterocycles. The van der Waals surface area contributed by atoms with Crippen LogP contribution in [0.2, 0.25) is 0 Å². The van der Waals surface area contributed by atoms with Crippen molar-refractivity contribution in [2.75, 3.05) is 0 Å². The van der Waals surface area contributed by atoms with Crippen LogP contribution in [0.25, 0.3) is 0 Å². The Labute approximate surface area is 157 Å². The van der Waals surface area contributed by atoms with E-state index in [1.165, 1.54) is 96.3 Å². The molecule has 0 aromatic carbocycles. The zero-order chi connectivity index (χ0) is 16.7. The fraction of sp³-hybridized carbons (Fsp3) is 1.00. The van der Waals surface area contributed by atoms with Gasteiger partial charge in [-0.1, -0.05) is 136 Å². The fourth-order valence-electron chi connectivity index (χ4n) is 2.86. The number of alkyl halides is 2.